The van der Waals surface area contributed by atoms with E-state index < -0.39 is 62.2 Å². The van der Waals surface area contributed by atoms with Crippen LogP contribution in [0.2, 0.25) is 0 Å². The molecule has 0 aromatic rings. The van der Waals surface area contributed by atoms with Crippen LogP contribution in [0.25, 0.3) is 0 Å². The van der Waals surface area contributed by atoms with Gasteiger partial charge in [0.2, 0.25) is 0 Å². The Morgan fingerprint density at radius 3 is 0.523 bits per heavy atom. The molecule has 0 aliphatic rings. The van der Waals surface area contributed by atoms with Crippen LogP contribution in [0.5, 0.6) is 0 Å². The lowest BCUT2D eigenvalue weighted by Gasteiger charge is -2.16. The van der Waals surface area contributed by atoms with Crippen molar-refractivity contribution in [1.82, 2.24) is 0 Å². The quantitative estimate of drug-likeness (QED) is 0.236. The Bertz CT molecular complexity index is 445. The molecule has 0 fully saturated rings. The highest BCUT2D eigenvalue weighted by atomic mass is 19.4. The zero-order valence-corrected chi connectivity index (χ0v) is 18.6. The fourth-order valence-electron chi connectivity index (χ4n) is 0.200. The molecule has 0 saturated heterocycles. The Labute approximate surface area is 249 Å². The maximum Gasteiger partial charge on any atom is 0.453 e. The minimum absolute atomic E-state index is 0. The Morgan fingerprint density at radius 2 is 0.523 bits per heavy atom. The number of rotatable bonds is 1. The van der Waals surface area contributed by atoms with E-state index in [2.05, 4.69) is 0 Å². The fraction of sp³-hybridized carbons (Fsp3) is 1.00. The Hall–Kier alpha value is -1.47. The van der Waals surface area contributed by atoms with Crippen LogP contribution in [0.3, 0.4) is 0 Å². The molecule has 44 heavy (non-hydrogen) atoms. The lowest BCUT2D eigenvalue weighted by atomic mass is 10.2. The van der Waals surface area contributed by atoms with Crippen molar-refractivity contribution in [3.8, 4) is 0 Å². The van der Waals surface area contributed by atoms with Gasteiger partial charge in [0.1, 0.15) is 0 Å². The van der Waals surface area contributed by atoms with Gasteiger partial charge in [0.15, 0.2) is 6.67 Å². The van der Waals surface area contributed by atoms with Gasteiger partial charge in [0, 0.05) is 26.7 Å². The second-order valence-electron chi connectivity index (χ2n) is 5.44. The van der Waals surface area contributed by atoms with E-state index in [1.807, 2.05) is 0 Å². The van der Waals surface area contributed by atoms with Gasteiger partial charge in [0.05, 0.1) is 7.18 Å². The molecule has 21 heteroatoms. The van der Waals surface area contributed by atoms with Gasteiger partial charge in [-0.25, -0.2) is 4.39 Å². The highest BCUT2D eigenvalue weighted by Crippen LogP contribution is 2.37. The summed E-state index contributed by atoms with van der Waals surface area (Å²) in [7, 11) is 0.500. The molecule has 0 spiro atoms. The topological polar surface area (TPSA) is 0 Å². The first-order valence-electron chi connectivity index (χ1n) is 8.21. The second-order valence-corrected chi connectivity index (χ2v) is 5.44. The normalized spacial score (nSPS) is 10.2. The molecule has 292 valence electrons. The molecule has 0 unspecified atom stereocenters. The molecule has 0 saturated carbocycles. The third-order valence-electron chi connectivity index (χ3n) is 1.91. The van der Waals surface area contributed by atoms with Gasteiger partial charge < -0.3 is 0 Å². The number of halogens is 21. The predicted octanol–water partition coefficient (Wildman–Crippen LogP) is 15.5. The third-order valence-corrected chi connectivity index (χ3v) is 1.91. The van der Waals surface area contributed by atoms with Crippen molar-refractivity contribution in [3.63, 3.8) is 0 Å². The van der Waals surface area contributed by atoms with Crippen LogP contribution in [-0.4, -0.2) is 56.6 Å². The predicted molar refractivity (Wildman–Crippen MR) is 139 cm³/mol. The van der Waals surface area contributed by atoms with E-state index in [1.165, 1.54) is 0 Å². The first-order valence-corrected chi connectivity index (χ1v) is 8.21. The van der Waals surface area contributed by atoms with Gasteiger partial charge in [-0.15, -0.1) is 0 Å². The zero-order valence-electron chi connectivity index (χ0n) is 18.6. The van der Waals surface area contributed by atoms with Crippen molar-refractivity contribution >= 4 is 0 Å². The van der Waals surface area contributed by atoms with E-state index in [-0.39, 0.29) is 73.3 Å². The smallest absolute Gasteiger partial charge is 0.255 e. The van der Waals surface area contributed by atoms with Crippen LogP contribution in [-0.2, 0) is 0 Å². The molecular formula is C23H53F21. The van der Waals surface area contributed by atoms with E-state index in [0.717, 1.165) is 13.8 Å². The Kier molecular flexibility index (Phi) is 73.7. The first kappa shape index (κ1) is 90.1. The average Bonchev–Trinajstić information content (AvgIpc) is 2.60. The van der Waals surface area contributed by atoms with Crippen molar-refractivity contribution in [1.29, 1.82) is 0 Å². The molecule has 0 nitrogen and oxygen atoms in total. The maximum absolute atomic E-state index is 11.5. The van der Waals surface area contributed by atoms with Crippen molar-refractivity contribution in [3.05, 3.63) is 0 Å². The third kappa shape index (κ3) is 97.2. The second kappa shape index (κ2) is 36.0. The van der Waals surface area contributed by atoms with Gasteiger partial charge in [-0.2, -0.15) is 83.4 Å². The van der Waals surface area contributed by atoms with Gasteiger partial charge in [-0.1, -0.05) is 73.3 Å². The summed E-state index contributed by atoms with van der Waals surface area (Å²) in [6.45, 7) is -0.361. The minimum atomic E-state index is -5.40. The van der Waals surface area contributed by atoms with E-state index in [0.29, 0.717) is 7.18 Å². The molecule has 0 amide bonds. The zero-order chi connectivity index (χ0) is 31.6. The molecule has 0 aliphatic carbocycles. The summed E-state index contributed by atoms with van der Waals surface area (Å²) in [5.74, 6) is -9.08. The summed E-state index contributed by atoms with van der Waals surface area (Å²) in [4.78, 5) is 0. The van der Waals surface area contributed by atoms with Crippen LogP contribution in [0.1, 0.15) is 99.9 Å². The Morgan fingerprint density at radius 1 is 0.386 bits per heavy atom. The standard InChI is InChI=1S/C4H5F5.C3H3F5.C3H5F3.C2H2F4.C2H3F3.CH3F.8CH4/c1-2-3(5,6)4(7,8)9;1-2(4,5)3(6,7)8;1-2-3(4,5)6;3-1-2(4,5)6;1-2(3,4)5;1-2;;;;;;;;/h2H2,1H3;1H3;2H2,1H3;1H2;1H3;1H3;8*1H4. The summed E-state index contributed by atoms with van der Waals surface area (Å²) in [6.07, 6.45) is -25.3. The first-order chi connectivity index (χ1) is 15.2. The lowest BCUT2D eigenvalue weighted by Crippen LogP contribution is -2.35. The minimum Gasteiger partial charge on any atom is -0.255 e. The van der Waals surface area contributed by atoms with Crippen LogP contribution in [0, 0.1) is 0 Å². The number of alkyl halides is 21. The molecule has 0 rings (SSSR count). The molecule has 0 heterocycles. The number of hydrogen-bond donors (Lipinski definition) is 0. The van der Waals surface area contributed by atoms with Gasteiger partial charge in [-0.3, -0.25) is 4.39 Å². The molecule has 0 aromatic heterocycles. The van der Waals surface area contributed by atoms with Gasteiger partial charge in [-0.05, 0) is 0 Å². The van der Waals surface area contributed by atoms with Crippen molar-refractivity contribution in [2.24, 2.45) is 0 Å². The van der Waals surface area contributed by atoms with E-state index in [9.17, 15) is 92.2 Å². The highest BCUT2D eigenvalue weighted by Gasteiger charge is 2.55. The summed E-state index contributed by atoms with van der Waals surface area (Å²) >= 11 is 0. The molecule has 0 N–H and O–H groups in total. The summed E-state index contributed by atoms with van der Waals surface area (Å²) in [5.41, 5.74) is 0. The Balaban J connectivity index is -0.0000000203. The average molecular weight is 729 g/mol. The number of hydrogen-bond acceptors (Lipinski definition) is 0. The highest BCUT2D eigenvalue weighted by molar-refractivity contribution is 4.72. The molecule has 0 bridgehead atoms. The largest absolute Gasteiger partial charge is 0.453 e. The van der Waals surface area contributed by atoms with Crippen molar-refractivity contribution < 1.29 is 92.2 Å². The van der Waals surface area contributed by atoms with Gasteiger partial charge in [0.25, 0.3) is 0 Å². The summed E-state index contributed by atoms with van der Waals surface area (Å²) in [6, 6.07) is 0. The van der Waals surface area contributed by atoms with Crippen molar-refractivity contribution in [2.75, 3.05) is 13.9 Å². The van der Waals surface area contributed by atoms with Crippen LogP contribution in [0.15, 0.2) is 0 Å². The maximum atomic E-state index is 11.5. The molecule has 0 radical (unpaired) electrons. The summed E-state index contributed by atoms with van der Waals surface area (Å²) in [5, 5.41) is 0. The van der Waals surface area contributed by atoms with Crippen LogP contribution >= 0.6 is 0 Å². The molecular weight excluding hydrogens is 675 g/mol. The van der Waals surface area contributed by atoms with Crippen LogP contribution in [0.4, 0.5) is 92.2 Å². The molecule has 0 aromatic carbocycles. The lowest BCUT2D eigenvalue weighted by molar-refractivity contribution is -0.282. The summed E-state index contributed by atoms with van der Waals surface area (Å²) < 4.78 is 225. The van der Waals surface area contributed by atoms with Gasteiger partial charge >= 0.3 is 42.7 Å². The molecule has 0 aliphatic heterocycles. The monoisotopic (exact) mass is 728 g/mol. The van der Waals surface area contributed by atoms with Crippen LogP contribution < -0.4 is 0 Å². The van der Waals surface area contributed by atoms with Crippen molar-refractivity contribution in [2.45, 2.75) is 143 Å². The van der Waals surface area contributed by atoms with E-state index >= 15 is 0 Å². The SMILES string of the molecule is C.C.C.C.C.C.C.C.CC(F)(F)C(F)(F)F.CC(F)(F)F.CCC(F)(F)C(F)(F)F.CCC(F)(F)F.CF.FCC(F)(F)F. The molecule has 0 atom stereocenters. The fourth-order valence-corrected chi connectivity index (χ4v) is 0.200. The van der Waals surface area contributed by atoms with E-state index in [4.69, 9.17) is 0 Å². The van der Waals surface area contributed by atoms with E-state index in [1.54, 1.807) is 0 Å².